The molecule has 1 aromatic carbocycles. The lowest BCUT2D eigenvalue weighted by Gasteiger charge is -2.22. The zero-order chi connectivity index (χ0) is 14.2. The highest BCUT2D eigenvalue weighted by Crippen LogP contribution is 2.28. The molecule has 1 N–H and O–H groups in total. The third kappa shape index (κ3) is 5.26. The van der Waals surface area contributed by atoms with E-state index in [4.69, 9.17) is 0 Å². The van der Waals surface area contributed by atoms with Gasteiger partial charge in [-0.1, -0.05) is 44.5 Å². The number of rotatable bonds is 10. The van der Waals surface area contributed by atoms with E-state index in [1.165, 1.54) is 43.4 Å². The van der Waals surface area contributed by atoms with Crippen molar-refractivity contribution < 1.29 is 0 Å². The van der Waals surface area contributed by atoms with Crippen molar-refractivity contribution in [3.8, 4) is 0 Å². The first-order chi connectivity index (χ1) is 9.83. The average molecular weight is 274 g/mol. The molecule has 112 valence electrons. The maximum absolute atomic E-state index is 3.38. The molecule has 0 aliphatic heterocycles. The fraction of sp³-hybridized carbons (Fsp3) is 0.667. The van der Waals surface area contributed by atoms with Gasteiger partial charge < -0.3 is 5.32 Å². The number of benzene rings is 1. The minimum Gasteiger partial charge on any atom is -0.317 e. The Balaban J connectivity index is 1.82. The fourth-order valence-electron chi connectivity index (χ4n) is 2.65. The molecule has 1 fully saturated rings. The van der Waals surface area contributed by atoms with Crippen LogP contribution >= 0.6 is 0 Å². The van der Waals surface area contributed by atoms with Gasteiger partial charge in [0, 0.05) is 12.6 Å². The molecule has 0 aromatic heterocycles. The Hall–Kier alpha value is -0.860. The van der Waals surface area contributed by atoms with Crippen LogP contribution in [-0.4, -0.2) is 30.6 Å². The third-order valence-corrected chi connectivity index (χ3v) is 4.11. The molecule has 0 atom stereocenters. The normalized spacial score (nSPS) is 14.9. The number of hydrogen-bond acceptors (Lipinski definition) is 2. The van der Waals surface area contributed by atoms with Crippen molar-refractivity contribution in [1.29, 1.82) is 0 Å². The highest BCUT2D eigenvalue weighted by atomic mass is 15.2. The summed E-state index contributed by atoms with van der Waals surface area (Å²) in [6.45, 7) is 8.99. The highest BCUT2D eigenvalue weighted by molar-refractivity contribution is 5.23. The van der Waals surface area contributed by atoms with Crippen LogP contribution in [0.15, 0.2) is 24.3 Å². The first kappa shape index (κ1) is 15.5. The molecule has 1 saturated carbocycles. The highest BCUT2D eigenvalue weighted by Gasteiger charge is 2.28. The van der Waals surface area contributed by atoms with Crippen molar-refractivity contribution >= 4 is 0 Å². The lowest BCUT2D eigenvalue weighted by molar-refractivity contribution is 0.250. The summed E-state index contributed by atoms with van der Waals surface area (Å²) in [5.74, 6) is 0. The van der Waals surface area contributed by atoms with Crippen molar-refractivity contribution in [3.63, 3.8) is 0 Å². The van der Waals surface area contributed by atoms with E-state index in [2.05, 4.69) is 48.3 Å². The van der Waals surface area contributed by atoms with Gasteiger partial charge in [-0.05, 0) is 56.4 Å². The van der Waals surface area contributed by atoms with E-state index >= 15 is 0 Å². The predicted octanol–water partition coefficient (Wildman–Crippen LogP) is 3.60. The summed E-state index contributed by atoms with van der Waals surface area (Å²) in [5.41, 5.74) is 2.92. The zero-order valence-electron chi connectivity index (χ0n) is 13.2. The molecule has 2 nitrogen and oxygen atoms in total. The van der Waals surface area contributed by atoms with Crippen molar-refractivity contribution in [3.05, 3.63) is 35.4 Å². The lowest BCUT2D eigenvalue weighted by Crippen LogP contribution is -2.26. The molecule has 0 unspecified atom stereocenters. The second-order valence-corrected chi connectivity index (χ2v) is 5.98. The van der Waals surface area contributed by atoms with Crippen molar-refractivity contribution in [2.45, 2.75) is 58.5 Å². The van der Waals surface area contributed by atoms with E-state index in [0.29, 0.717) is 0 Å². The van der Waals surface area contributed by atoms with E-state index in [-0.39, 0.29) is 0 Å². The van der Waals surface area contributed by atoms with Crippen LogP contribution in [0.3, 0.4) is 0 Å². The van der Waals surface area contributed by atoms with Crippen LogP contribution in [-0.2, 0) is 13.0 Å². The standard InChI is InChI=1S/C18H30N2/c1-3-5-14-20(18-10-11-18)15-17-8-6-16(7-9-17)12-13-19-4-2/h6-9,18-19H,3-5,10-15H2,1-2H3. The van der Waals surface area contributed by atoms with Crippen molar-refractivity contribution in [1.82, 2.24) is 10.2 Å². The van der Waals surface area contributed by atoms with Gasteiger partial charge in [-0.25, -0.2) is 0 Å². The molecular weight excluding hydrogens is 244 g/mol. The molecule has 20 heavy (non-hydrogen) atoms. The second kappa shape index (κ2) is 8.43. The van der Waals surface area contributed by atoms with Gasteiger partial charge in [0.25, 0.3) is 0 Å². The van der Waals surface area contributed by atoms with Gasteiger partial charge in [0.05, 0.1) is 0 Å². The molecule has 1 aliphatic carbocycles. The molecule has 0 bridgehead atoms. The Morgan fingerprint density at radius 3 is 2.40 bits per heavy atom. The van der Waals surface area contributed by atoms with E-state index in [1.807, 2.05) is 0 Å². The first-order valence-corrected chi connectivity index (χ1v) is 8.36. The topological polar surface area (TPSA) is 15.3 Å². The quantitative estimate of drug-likeness (QED) is 0.656. The summed E-state index contributed by atoms with van der Waals surface area (Å²) in [7, 11) is 0. The van der Waals surface area contributed by atoms with Crippen molar-refractivity contribution in [2.24, 2.45) is 0 Å². The minimum absolute atomic E-state index is 0.870. The molecule has 0 saturated heterocycles. The number of hydrogen-bond donors (Lipinski definition) is 1. The van der Waals surface area contributed by atoms with Crippen LogP contribution in [0.4, 0.5) is 0 Å². The Morgan fingerprint density at radius 1 is 1.10 bits per heavy atom. The van der Waals surface area contributed by atoms with Crippen LogP contribution in [0.5, 0.6) is 0 Å². The van der Waals surface area contributed by atoms with E-state index in [0.717, 1.165) is 32.1 Å². The molecule has 0 heterocycles. The van der Waals surface area contributed by atoms with Gasteiger partial charge in [0.1, 0.15) is 0 Å². The van der Waals surface area contributed by atoms with Crippen LogP contribution in [0.1, 0.15) is 50.7 Å². The van der Waals surface area contributed by atoms with Gasteiger partial charge in [-0.15, -0.1) is 0 Å². The van der Waals surface area contributed by atoms with Crippen molar-refractivity contribution in [2.75, 3.05) is 19.6 Å². The largest absolute Gasteiger partial charge is 0.317 e. The van der Waals surface area contributed by atoms with E-state index < -0.39 is 0 Å². The fourth-order valence-corrected chi connectivity index (χ4v) is 2.65. The third-order valence-electron chi connectivity index (χ3n) is 4.11. The number of nitrogens with one attached hydrogen (secondary N) is 1. The summed E-state index contributed by atoms with van der Waals surface area (Å²) < 4.78 is 0. The Bertz CT molecular complexity index is 368. The van der Waals surface area contributed by atoms with Gasteiger partial charge in [0.15, 0.2) is 0 Å². The summed E-state index contributed by atoms with van der Waals surface area (Å²) in [4.78, 5) is 2.68. The van der Waals surface area contributed by atoms with Crippen LogP contribution in [0.2, 0.25) is 0 Å². The lowest BCUT2D eigenvalue weighted by atomic mass is 10.1. The second-order valence-electron chi connectivity index (χ2n) is 5.98. The first-order valence-electron chi connectivity index (χ1n) is 8.36. The number of likely N-dealkylation sites (N-methyl/N-ethyl adjacent to an activating group) is 1. The summed E-state index contributed by atoms with van der Waals surface area (Å²) in [5, 5.41) is 3.38. The monoisotopic (exact) mass is 274 g/mol. The Labute approximate surface area is 124 Å². The Kier molecular flexibility index (Phi) is 6.55. The molecule has 0 radical (unpaired) electrons. The van der Waals surface area contributed by atoms with Gasteiger partial charge in [0.2, 0.25) is 0 Å². The number of unbranched alkanes of at least 4 members (excludes halogenated alkanes) is 1. The van der Waals surface area contributed by atoms with Gasteiger partial charge in [-0.3, -0.25) is 4.90 Å². The number of nitrogens with zero attached hydrogens (tertiary/aromatic N) is 1. The SMILES string of the molecule is CCCCN(Cc1ccc(CCNCC)cc1)C1CC1. The average Bonchev–Trinajstić information content (AvgIpc) is 3.30. The molecule has 2 rings (SSSR count). The zero-order valence-corrected chi connectivity index (χ0v) is 13.2. The summed E-state index contributed by atoms with van der Waals surface area (Å²) >= 11 is 0. The van der Waals surface area contributed by atoms with Crippen LogP contribution in [0.25, 0.3) is 0 Å². The molecular formula is C18H30N2. The summed E-state index contributed by atoms with van der Waals surface area (Å²) in [6.07, 6.45) is 6.58. The maximum atomic E-state index is 3.38. The predicted molar refractivity (Wildman–Crippen MR) is 87.0 cm³/mol. The van der Waals surface area contributed by atoms with Crippen LogP contribution in [0, 0.1) is 0 Å². The molecule has 1 aromatic rings. The molecule has 0 spiro atoms. The molecule has 0 amide bonds. The van der Waals surface area contributed by atoms with E-state index in [9.17, 15) is 0 Å². The Morgan fingerprint density at radius 2 is 1.80 bits per heavy atom. The maximum Gasteiger partial charge on any atom is 0.0236 e. The minimum atomic E-state index is 0.870. The molecule has 1 aliphatic rings. The van der Waals surface area contributed by atoms with Crippen LogP contribution < -0.4 is 5.32 Å². The van der Waals surface area contributed by atoms with E-state index in [1.54, 1.807) is 0 Å². The van der Waals surface area contributed by atoms with Gasteiger partial charge in [-0.2, -0.15) is 0 Å². The summed E-state index contributed by atoms with van der Waals surface area (Å²) in [6, 6.07) is 10.1. The smallest absolute Gasteiger partial charge is 0.0236 e. The molecule has 2 heteroatoms. The van der Waals surface area contributed by atoms with Gasteiger partial charge >= 0.3 is 0 Å².